The summed E-state index contributed by atoms with van der Waals surface area (Å²) in [5, 5.41) is 4.92. The van der Waals surface area contributed by atoms with Crippen molar-refractivity contribution in [1.29, 1.82) is 0 Å². The van der Waals surface area contributed by atoms with Crippen LogP contribution in [0.4, 0.5) is 5.69 Å². The number of piperazine rings is 1. The van der Waals surface area contributed by atoms with Crippen molar-refractivity contribution in [3.63, 3.8) is 0 Å². The van der Waals surface area contributed by atoms with Gasteiger partial charge < -0.3 is 19.1 Å². The number of benzene rings is 2. The zero-order chi connectivity index (χ0) is 25.2. The van der Waals surface area contributed by atoms with E-state index < -0.39 is 0 Å². The Morgan fingerprint density at radius 2 is 1.72 bits per heavy atom. The molecule has 0 bridgehead atoms. The zero-order valence-electron chi connectivity index (χ0n) is 21.4. The van der Waals surface area contributed by atoms with Crippen LogP contribution in [0, 0.1) is 13.8 Å². The number of ether oxygens (including phenoxy) is 1. The molecule has 0 atom stereocenters. The molecule has 4 aromatic rings. The molecule has 36 heavy (non-hydrogen) atoms. The third-order valence-electron chi connectivity index (χ3n) is 6.80. The highest BCUT2D eigenvalue weighted by atomic mass is 16.5. The van der Waals surface area contributed by atoms with Gasteiger partial charge in [-0.05, 0) is 68.3 Å². The molecule has 7 nitrogen and oxygen atoms in total. The van der Waals surface area contributed by atoms with Crippen molar-refractivity contribution in [3.05, 3.63) is 83.7 Å². The molecule has 5 rings (SSSR count). The van der Waals surface area contributed by atoms with E-state index in [1.54, 1.807) is 0 Å². The number of nitrogens with zero attached hydrogens (tertiary/aromatic N) is 5. The number of aryl methyl sites for hydroxylation is 3. The van der Waals surface area contributed by atoms with Crippen LogP contribution in [0.5, 0.6) is 5.75 Å². The summed E-state index contributed by atoms with van der Waals surface area (Å²) in [6, 6.07) is 20.3. The summed E-state index contributed by atoms with van der Waals surface area (Å²) >= 11 is 0. The van der Waals surface area contributed by atoms with Crippen molar-refractivity contribution in [2.24, 2.45) is 7.05 Å². The van der Waals surface area contributed by atoms with E-state index in [1.807, 2.05) is 70.7 Å². The van der Waals surface area contributed by atoms with E-state index in [-0.39, 0.29) is 5.91 Å². The third kappa shape index (κ3) is 4.49. The minimum atomic E-state index is 0.00149. The fraction of sp³-hybridized carbons (Fsp3) is 0.310. The Balaban J connectivity index is 1.44. The van der Waals surface area contributed by atoms with E-state index >= 15 is 0 Å². The fourth-order valence-electron chi connectivity index (χ4n) is 4.83. The molecule has 7 heteroatoms. The largest absolute Gasteiger partial charge is 0.492 e. The van der Waals surface area contributed by atoms with Crippen LogP contribution >= 0.6 is 0 Å². The number of hydrogen-bond acceptors (Lipinski definition) is 4. The Labute approximate surface area is 212 Å². The fourth-order valence-corrected chi connectivity index (χ4v) is 4.83. The summed E-state index contributed by atoms with van der Waals surface area (Å²) in [5.74, 6) is 0.890. The zero-order valence-corrected chi connectivity index (χ0v) is 21.4. The second-order valence-electron chi connectivity index (χ2n) is 9.30. The predicted octanol–water partition coefficient (Wildman–Crippen LogP) is 4.86. The summed E-state index contributed by atoms with van der Waals surface area (Å²) in [6.07, 6.45) is 1.99. The molecule has 0 radical (unpaired) electrons. The van der Waals surface area contributed by atoms with Crippen molar-refractivity contribution in [3.8, 4) is 22.8 Å². The maximum absolute atomic E-state index is 13.9. The van der Waals surface area contributed by atoms with E-state index in [1.165, 1.54) is 0 Å². The van der Waals surface area contributed by atoms with Crippen LogP contribution in [0.3, 0.4) is 0 Å². The smallest absolute Gasteiger partial charge is 0.272 e. The third-order valence-corrected chi connectivity index (χ3v) is 6.80. The van der Waals surface area contributed by atoms with E-state index in [0.717, 1.165) is 52.7 Å². The van der Waals surface area contributed by atoms with Gasteiger partial charge in [-0.2, -0.15) is 5.10 Å². The van der Waals surface area contributed by atoms with Gasteiger partial charge in [-0.15, -0.1) is 0 Å². The first-order valence-electron chi connectivity index (χ1n) is 12.5. The van der Waals surface area contributed by atoms with Crippen molar-refractivity contribution in [2.75, 3.05) is 37.7 Å². The SMILES string of the molecule is CCOc1ccccc1N1CCN(C(=O)c2cc(-c3cccn3C)nn2-c2cc(C)ccc2C)CC1. The Morgan fingerprint density at radius 3 is 2.44 bits per heavy atom. The van der Waals surface area contributed by atoms with Crippen molar-refractivity contribution in [1.82, 2.24) is 19.2 Å². The molecular formula is C29H33N5O2. The van der Waals surface area contributed by atoms with Crippen LogP contribution in [0.25, 0.3) is 17.1 Å². The Kier molecular flexibility index (Phi) is 6.55. The highest BCUT2D eigenvalue weighted by Gasteiger charge is 2.28. The predicted molar refractivity (Wildman–Crippen MR) is 143 cm³/mol. The first-order chi connectivity index (χ1) is 17.5. The Morgan fingerprint density at radius 1 is 0.944 bits per heavy atom. The molecule has 186 valence electrons. The second-order valence-corrected chi connectivity index (χ2v) is 9.30. The number of carbonyl (C=O) groups excluding carboxylic acids is 1. The summed E-state index contributed by atoms with van der Waals surface area (Å²) < 4.78 is 9.68. The normalized spacial score (nSPS) is 13.8. The number of hydrogen-bond donors (Lipinski definition) is 0. The van der Waals surface area contributed by atoms with Gasteiger partial charge in [0.15, 0.2) is 0 Å². The van der Waals surface area contributed by atoms with Gasteiger partial charge in [0.2, 0.25) is 0 Å². The van der Waals surface area contributed by atoms with Crippen LogP contribution in [-0.4, -0.2) is 57.9 Å². The van der Waals surface area contributed by atoms with Crippen LogP contribution in [0.2, 0.25) is 0 Å². The van der Waals surface area contributed by atoms with E-state index in [0.29, 0.717) is 25.4 Å². The molecule has 1 aliphatic rings. The maximum atomic E-state index is 13.9. The molecule has 0 saturated carbocycles. The second kappa shape index (κ2) is 9.93. The molecule has 1 saturated heterocycles. The van der Waals surface area contributed by atoms with E-state index in [9.17, 15) is 4.79 Å². The van der Waals surface area contributed by atoms with Gasteiger partial charge in [-0.3, -0.25) is 4.79 Å². The number of carbonyl (C=O) groups is 1. The average Bonchev–Trinajstić information content (AvgIpc) is 3.52. The van der Waals surface area contributed by atoms with Gasteiger partial charge in [0.25, 0.3) is 5.91 Å². The quantitative estimate of drug-likeness (QED) is 0.393. The molecule has 1 aliphatic heterocycles. The van der Waals surface area contributed by atoms with Crippen molar-refractivity contribution in [2.45, 2.75) is 20.8 Å². The summed E-state index contributed by atoms with van der Waals surface area (Å²) in [6.45, 7) is 9.51. The molecule has 3 heterocycles. The Bertz CT molecular complexity index is 1380. The monoisotopic (exact) mass is 483 g/mol. The number of para-hydroxylation sites is 2. The maximum Gasteiger partial charge on any atom is 0.272 e. The van der Waals surface area contributed by atoms with Gasteiger partial charge in [0, 0.05) is 39.4 Å². The molecule has 0 spiro atoms. The highest BCUT2D eigenvalue weighted by molar-refractivity contribution is 5.94. The topological polar surface area (TPSA) is 55.5 Å². The first-order valence-corrected chi connectivity index (χ1v) is 12.5. The number of rotatable bonds is 6. The van der Waals surface area contributed by atoms with Crippen molar-refractivity contribution < 1.29 is 9.53 Å². The summed E-state index contributed by atoms with van der Waals surface area (Å²) in [7, 11) is 1.99. The molecular weight excluding hydrogens is 450 g/mol. The lowest BCUT2D eigenvalue weighted by molar-refractivity contribution is 0.0737. The number of amides is 1. The molecule has 0 aliphatic carbocycles. The molecule has 2 aromatic carbocycles. The van der Waals surface area contributed by atoms with Gasteiger partial charge >= 0.3 is 0 Å². The molecule has 2 aromatic heterocycles. The molecule has 0 unspecified atom stereocenters. The average molecular weight is 484 g/mol. The Hall–Kier alpha value is -4.00. The summed E-state index contributed by atoms with van der Waals surface area (Å²) in [4.78, 5) is 18.1. The first kappa shape index (κ1) is 23.7. The lowest BCUT2D eigenvalue weighted by Crippen LogP contribution is -2.49. The van der Waals surface area contributed by atoms with E-state index in [2.05, 4.69) is 43.0 Å². The van der Waals surface area contributed by atoms with Crippen molar-refractivity contribution >= 4 is 11.6 Å². The minimum Gasteiger partial charge on any atom is -0.492 e. The number of anilines is 1. The van der Waals surface area contributed by atoms with Gasteiger partial charge in [0.1, 0.15) is 17.1 Å². The van der Waals surface area contributed by atoms with E-state index in [4.69, 9.17) is 9.84 Å². The standard InChI is InChI=1S/C29H33N5O2/c1-5-36-28-11-7-6-9-25(28)32-15-17-33(18-16-32)29(35)27-20-23(24-10-8-14-31(24)4)30-34(27)26-19-21(2)12-13-22(26)3/h6-14,19-20H,5,15-18H2,1-4H3. The van der Waals surface area contributed by atoms with Gasteiger partial charge in [0.05, 0.1) is 23.7 Å². The van der Waals surface area contributed by atoms with Crippen LogP contribution < -0.4 is 9.64 Å². The van der Waals surface area contributed by atoms with Gasteiger partial charge in [-0.1, -0.05) is 24.3 Å². The minimum absolute atomic E-state index is 0.00149. The summed E-state index contributed by atoms with van der Waals surface area (Å²) in [5.41, 5.74) is 6.57. The van der Waals surface area contributed by atoms with Gasteiger partial charge in [-0.25, -0.2) is 4.68 Å². The van der Waals surface area contributed by atoms with Crippen LogP contribution in [0.1, 0.15) is 28.5 Å². The van der Waals surface area contributed by atoms with Crippen LogP contribution in [0.15, 0.2) is 66.9 Å². The molecule has 1 fully saturated rings. The lowest BCUT2D eigenvalue weighted by atomic mass is 10.1. The highest BCUT2D eigenvalue weighted by Crippen LogP contribution is 2.30. The number of aromatic nitrogens is 3. The van der Waals surface area contributed by atoms with Crippen LogP contribution in [-0.2, 0) is 7.05 Å². The lowest BCUT2D eigenvalue weighted by Gasteiger charge is -2.36. The molecule has 1 amide bonds. The molecule has 0 N–H and O–H groups in total.